The lowest BCUT2D eigenvalue weighted by Gasteiger charge is -2.37. The van der Waals surface area contributed by atoms with E-state index in [0.29, 0.717) is 6.42 Å². The fourth-order valence-corrected chi connectivity index (χ4v) is 4.28. The van der Waals surface area contributed by atoms with Crippen LogP contribution in [0.2, 0.25) is 0 Å². The molecular formula is C19H23F2N3O. The van der Waals surface area contributed by atoms with E-state index >= 15 is 0 Å². The van der Waals surface area contributed by atoms with E-state index in [9.17, 15) is 18.8 Å². The van der Waals surface area contributed by atoms with Crippen LogP contribution in [-0.4, -0.2) is 35.6 Å². The highest BCUT2D eigenvalue weighted by Gasteiger charge is 2.47. The third-order valence-electron chi connectivity index (χ3n) is 5.68. The number of carbonyl (C=O) groups excluding carboxylic acids is 1. The van der Waals surface area contributed by atoms with E-state index in [1.54, 1.807) is 12.1 Å². The number of amides is 1. The van der Waals surface area contributed by atoms with Gasteiger partial charge in [-0.15, -0.1) is 0 Å². The van der Waals surface area contributed by atoms with Crippen LogP contribution in [0.5, 0.6) is 0 Å². The first kappa shape index (κ1) is 17.8. The Hall–Kier alpha value is -2.00. The smallest absolute Gasteiger partial charge is 0.241 e. The number of likely N-dealkylation sites (tertiary alicyclic amines) is 1. The number of nitrogens with zero attached hydrogens (tertiary/aromatic N) is 2. The average Bonchev–Trinajstić information content (AvgIpc) is 3.23. The predicted octanol–water partition coefficient (Wildman–Crippen LogP) is 2.72. The zero-order valence-corrected chi connectivity index (χ0v) is 14.1. The summed E-state index contributed by atoms with van der Waals surface area (Å²) in [6, 6.07) is 6.75. The molecule has 0 spiro atoms. The third kappa shape index (κ3) is 3.52. The first-order valence-electron chi connectivity index (χ1n) is 8.79. The van der Waals surface area contributed by atoms with Crippen molar-refractivity contribution in [3.63, 3.8) is 0 Å². The molecule has 3 atom stereocenters. The van der Waals surface area contributed by atoms with Crippen molar-refractivity contribution in [1.29, 1.82) is 5.26 Å². The minimum atomic E-state index is -1.17. The molecule has 3 rings (SSSR count). The maximum atomic E-state index is 13.7. The van der Waals surface area contributed by atoms with Gasteiger partial charge in [-0.2, -0.15) is 5.26 Å². The van der Waals surface area contributed by atoms with Crippen LogP contribution in [0, 0.1) is 22.6 Å². The Morgan fingerprint density at radius 2 is 2.00 bits per heavy atom. The van der Waals surface area contributed by atoms with Crippen LogP contribution in [0.15, 0.2) is 24.3 Å². The van der Waals surface area contributed by atoms with E-state index < -0.39 is 23.7 Å². The van der Waals surface area contributed by atoms with Crippen molar-refractivity contribution < 1.29 is 13.6 Å². The van der Waals surface area contributed by atoms with Gasteiger partial charge in [0.15, 0.2) is 0 Å². The molecule has 3 unspecified atom stereocenters. The molecule has 0 radical (unpaired) electrons. The van der Waals surface area contributed by atoms with Gasteiger partial charge >= 0.3 is 0 Å². The predicted molar refractivity (Wildman–Crippen MR) is 89.6 cm³/mol. The molecule has 4 nitrogen and oxygen atoms in total. The normalized spacial score (nSPS) is 26.4. The Bertz CT molecular complexity index is 664. The molecule has 1 heterocycles. The minimum absolute atomic E-state index is 0.0555. The van der Waals surface area contributed by atoms with E-state index in [1.807, 2.05) is 6.07 Å². The number of nitriles is 1. The molecule has 25 heavy (non-hydrogen) atoms. The molecule has 2 fully saturated rings. The van der Waals surface area contributed by atoms with Gasteiger partial charge in [-0.3, -0.25) is 4.79 Å². The van der Waals surface area contributed by atoms with Crippen molar-refractivity contribution in [3.8, 4) is 6.07 Å². The van der Waals surface area contributed by atoms with Gasteiger partial charge in [0.05, 0.1) is 18.7 Å². The van der Waals surface area contributed by atoms with Gasteiger partial charge in [0.2, 0.25) is 5.91 Å². The van der Waals surface area contributed by atoms with Crippen molar-refractivity contribution in [2.75, 3.05) is 6.54 Å². The van der Waals surface area contributed by atoms with E-state index in [4.69, 9.17) is 5.73 Å². The second-order valence-corrected chi connectivity index (χ2v) is 7.32. The monoisotopic (exact) mass is 347 g/mol. The molecule has 1 saturated carbocycles. The van der Waals surface area contributed by atoms with Crippen LogP contribution in [-0.2, 0) is 11.2 Å². The highest BCUT2D eigenvalue weighted by Crippen LogP contribution is 2.44. The van der Waals surface area contributed by atoms with Gasteiger partial charge in [-0.05, 0) is 42.4 Å². The summed E-state index contributed by atoms with van der Waals surface area (Å²) in [5.41, 5.74) is 6.91. The van der Waals surface area contributed by atoms with Crippen LogP contribution in [0.1, 0.15) is 37.7 Å². The van der Waals surface area contributed by atoms with Crippen molar-refractivity contribution in [2.45, 2.75) is 56.8 Å². The van der Waals surface area contributed by atoms with Crippen LogP contribution in [0.3, 0.4) is 0 Å². The molecule has 1 aliphatic carbocycles. The molecule has 2 N–H and O–H groups in total. The number of halogens is 2. The number of alkyl halides is 1. The molecule has 2 aliphatic rings. The van der Waals surface area contributed by atoms with E-state index in [1.165, 1.54) is 17.0 Å². The summed E-state index contributed by atoms with van der Waals surface area (Å²) in [6.07, 6.45) is 3.05. The van der Waals surface area contributed by atoms with E-state index in [0.717, 1.165) is 31.2 Å². The van der Waals surface area contributed by atoms with Crippen LogP contribution in [0.4, 0.5) is 8.78 Å². The van der Waals surface area contributed by atoms with Gasteiger partial charge in [-0.25, -0.2) is 8.78 Å². The van der Waals surface area contributed by atoms with Crippen molar-refractivity contribution in [1.82, 2.24) is 4.90 Å². The summed E-state index contributed by atoms with van der Waals surface area (Å²) in [4.78, 5) is 14.2. The fraction of sp³-hybridized carbons (Fsp3) is 0.579. The van der Waals surface area contributed by atoms with Gasteiger partial charge in [0.1, 0.15) is 18.0 Å². The summed E-state index contributed by atoms with van der Waals surface area (Å²) >= 11 is 0. The molecule has 0 aromatic heterocycles. The second-order valence-electron chi connectivity index (χ2n) is 7.32. The van der Waals surface area contributed by atoms with Crippen molar-refractivity contribution in [3.05, 3.63) is 35.6 Å². The Labute approximate surface area is 146 Å². The standard InChI is InChI=1S/C19H23F2N3O/c20-14-5-3-13(4-6-14)10-19(7-1-2-8-19)17(23)18(25)24-12-15(21)9-16(24)11-22/h3-6,15-17H,1-2,7-10,12,23H2. The summed E-state index contributed by atoms with van der Waals surface area (Å²) in [6.45, 7) is -0.0581. The Morgan fingerprint density at radius 3 is 2.60 bits per heavy atom. The second kappa shape index (κ2) is 7.09. The number of nitrogens with two attached hydrogens (primary N) is 1. The molecule has 1 aromatic carbocycles. The Balaban J connectivity index is 1.81. The summed E-state index contributed by atoms with van der Waals surface area (Å²) in [5.74, 6) is -0.636. The number of rotatable bonds is 4. The SMILES string of the molecule is N#CC1CC(F)CN1C(=O)C(N)C1(Cc2ccc(F)cc2)CCCC1. The first-order valence-corrected chi connectivity index (χ1v) is 8.79. The summed E-state index contributed by atoms with van der Waals surface area (Å²) < 4.78 is 26.8. The zero-order chi connectivity index (χ0) is 18.0. The van der Waals surface area contributed by atoms with E-state index in [2.05, 4.69) is 0 Å². The Kier molecular flexibility index (Phi) is 5.05. The van der Waals surface area contributed by atoms with Gasteiger partial charge < -0.3 is 10.6 Å². The van der Waals surface area contributed by atoms with Gasteiger partial charge in [0.25, 0.3) is 0 Å². The van der Waals surface area contributed by atoms with Gasteiger partial charge in [-0.1, -0.05) is 25.0 Å². The fourth-order valence-electron chi connectivity index (χ4n) is 4.28. The molecule has 0 bridgehead atoms. The molecule has 134 valence electrons. The van der Waals surface area contributed by atoms with Crippen LogP contribution >= 0.6 is 0 Å². The average molecular weight is 347 g/mol. The quantitative estimate of drug-likeness (QED) is 0.910. The van der Waals surface area contributed by atoms with Gasteiger partial charge in [0, 0.05) is 6.42 Å². The summed E-state index contributed by atoms with van der Waals surface area (Å²) in [7, 11) is 0. The summed E-state index contributed by atoms with van der Waals surface area (Å²) in [5, 5.41) is 9.19. The third-order valence-corrected chi connectivity index (χ3v) is 5.68. The largest absolute Gasteiger partial charge is 0.322 e. The first-order chi connectivity index (χ1) is 11.9. The lowest BCUT2D eigenvalue weighted by atomic mass is 9.73. The van der Waals surface area contributed by atoms with Crippen molar-refractivity contribution >= 4 is 5.91 Å². The number of carbonyl (C=O) groups is 1. The molecule has 1 aliphatic heterocycles. The topological polar surface area (TPSA) is 70.1 Å². The zero-order valence-electron chi connectivity index (χ0n) is 14.1. The number of hydrogen-bond acceptors (Lipinski definition) is 3. The van der Waals surface area contributed by atoms with Crippen LogP contribution in [0.25, 0.3) is 0 Å². The van der Waals surface area contributed by atoms with E-state index in [-0.39, 0.29) is 24.7 Å². The number of hydrogen-bond donors (Lipinski definition) is 1. The highest BCUT2D eigenvalue weighted by molar-refractivity contribution is 5.83. The lowest BCUT2D eigenvalue weighted by molar-refractivity contribution is -0.136. The maximum absolute atomic E-state index is 13.7. The molecular weight excluding hydrogens is 324 g/mol. The van der Waals surface area contributed by atoms with Crippen LogP contribution < -0.4 is 5.73 Å². The molecule has 1 amide bonds. The maximum Gasteiger partial charge on any atom is 0.241 e. The number of benzene rings is 1. The molecule has 6 heteroatoms. The molecule has 1 saturated heterocycles. The minimum Gasteiger partial charge on any atom is -0.322 e. The molecule has 1 aromatic rings. The highest BCUT2D eigenvalue weighted by atomic mass is 19.1. The lowest BCUT2D eigenvalue weighted by Crippen LogP contribution is -2.54. The van der Waals surface area contributed by atoms with Crippen molar-refractivity contribution in [2.24, 2.45) is 11.1 Å². The Morgan fingerprint density at radius 1 is 1.36 bits per heavy atom.